The molecule has 1 spiro atoms. The van der Waals surface area contributed by atoms with Crippen molar-refractivity contribution in [3.8, 4) is 11.1 Å². The molecule has 7 aromatic carbocycles. The summed E-state index contributed by atoms with van der Waals surface area (Å²) in [4.78, 5) is 5.10. The van der Waals surface area contributed by atoms with Crippen molar-refractivity contribution in [2.75, 3.05) is 4.90 Å². The minimum absolute atomic E-state index is 0.895. The molecule has 3 heterocycles. The summed E-state index contributed by atoms with van der Waals surface area (Å²) in [5.41, 5.74) is 7.89. The number of hydrogen-bond donors (Lipinski definition) is 0. The molecule has 216 valence electrons. The molecule has 8 aromatic rings. The lowest BCUT2D eigenvalue weighted by Gasteiger charge is -2.38. The molecule has 4 heteroatoms. The molecule has 2 aliphatic rings. The monoisotopic (exact) mass is 621 g/mol. The van der Waals surface area contributed by atoms with Crippen molar-refractivity contribution in [2.24, 2.45) is 0 Å². The van der Waals surface area contributed by atoms with E-state index >= 15 is 0 Å². The van der Waals surface area contributed by atoms with Crippen LogP contribution in [0.15, 0.2) is 178 Å². The third-order valence-electron chi connectivity index (χ3n) is 9.72. The van der Waals surface area contributed by atoms with Crippen molar-refractivity contribution >= 4 is 79.6 Å². The Morgan fingerprint density at radius 2 is 1.00 bits per heavy atom. The molecule has 0 unspecified atom stereocenters. The van der Waals surface area contributed by atoms with Gasteiger partial charge in [-0.2, -0.15) is 0 Å². The van der Waals surface area contributed by atoms with Crippen LogP contribution in [-0.4, -0.2) is 8.07 Å². The predicted octanol–water partition coefficient (Wildman–Crippen LogP) is 8.88. The van der Waals surface area contributed by atoms with Crippen LogP contribution < -0.4 is 25.6 Å². The summed E-state index contributed by atoms with van der Waals surface area (Å²) in [6.45, 7) is 0. The minimum Gasteiger partial charge on any atom is -0.456 e. The molecule has 0 N–H and O–H groups in total. The molecular weight excluding hydrogens is 595 g/mol. The normalized spacial score (nSPS) is 13.7. The first-order valence-corrected chi connectivity index (χ1v) is 18.5. The first kappa shape index (κ1) is 26.0. The molecule has 2 nitrogen and oxygen atoms in total. The Hall–Kier alpha value is -5.29. The molecule has 10 rings (SSSR count). The Labute approximate surface area is 272 Å². The zero-order valence-electron chi connectivity index (χ0n) is 24.9. The van der Waals surface area contributed by atoms with E-state index in [2.05, 4.69) is 157 Å². The van der Waals surface area contributed by atoms with Gasteiger partial charge in [-0.1, -0.05) is 115 Å². The highest BCUT2D eigenvalue weighted by molar-refractivity contribution is 8.00. The van der Waals surface area contributed by atoms with E-state index < -0.39 is 8.07 Å². The second-order valence-electron chi connectivity index (χ2n) is 12.1. The molecule has 1 aromatic heterocycles. The molecular formula is C42H27NOSSi. The van der Waals surface area contributed by atoms with Crippen molar-refractivity contribution in [3.63, 3.8) is 0 Å². The first-order chi connectivity index (χ1) is 22.8. The van der Waals surface area contributed by atoms with Gasteiger partial charge in [-0.15, -0.1) is 0 Å². The number of benzene rings is 7. The van der Waals surface area contributed by atoms with Crippen molar-refractivity contribution < 1.29 is 4.42 Å². The maximum absolute atomic E-state index is 6.38. The van der Waals surface area contributed by atoms with E-state index in [4.69, 9.17) is 4.42 Å². The topological polar surface area (TPSA) is 16.4 Å². The van der Waals surface area contributed by atoms with Gasteiger partial charge in [-0.25, -0.2) is 0 Å². The van der Waals surface area contributed by atoms with Crippen LogP contribution in [0.5, 0.6) is 0 Å². The van der Waals surface area contributed by atoms with Gasteiger partial charge in [0.1, 0.15) is 11.2 Å². The fourth-order valence-corrected chi connectivity index (χ4v) is 15.2. The molecule has 0 saturated carbocycles. The second kappa shape index (κ2) is 9.85. The van der Waals surface area contributed by atoms with Crippen molar-refractivity contribution in [1.29, 1.82) is 0 Å². The van der Waals surface area contributed by atoms with Gasteiger partial charge < -0.3 is 9.32 Å². The number of anilines is 3. The molecule has 0 bridgehead atoms. The summed E-state index contributed by atoms with van der Waals surface area (Å²) < 4.78 is 6.38. The maximum Gasteiger partial charge on any atom is 0.183 e. The van der Waals surface area contributed by atoms with Crippen LogP contribution in [0.2, 0.25) is 0 Å². The molecule has 0 aliphatic carbocycles. The van der Waals surface area contributed by atoms with E-state index in [0.717, 1.165) is 39.0 Å². The van der Waals surface area contributed by atoms with Crippen LogP contribution in [-0.2, 0) is 0 Å². The van der Waals surface area contributed by atoms with Crippen LogP contribution >= 0.6 is 11.8 Å². The molecule has 0 saturated heterocycles. The first-order valence-electron chi connectivity index (χ1n) is 15.7. The average Bonchev–Trinajstić information content (AvgIpc) is 3.63. The summed E-state index contributed by atoms with van der Waals surface area (Å²) in [5.74, 6) is 0. The van der Waals surface area contributed by atoms with E-state index in [1.807, 2.05) is 23.9 Å². The minimum atomic E-state index is -2.61. The van der Waals surface area contributed by atoms with Crippen molar-refractivity contribution in [1.82, 2.24) is 0 Å². The molecule has 0 atom stereocenters. The molecule has 2 aliphatic heterocycles. The fourth-order valence-electron chi connectivity index (χ4n) is 7.86. The van der Waals surface area contributed by atoms with Crippen molar-refractivity contribution in [2.45, 2.75) is 9.79 Å². The number of nitrogens with zero attached hydrogens (tertiary/aromatic N) is 1. The van der Waals surface area contributed by atoms with Gasteiger partial charge in [0.2, 0.25) is 0 Å². The summed E-state index contributed by atoms with van der Waals surface area (Å²) in [5, 5.41) is 8.19. The van der Waals surface area contributed by atoms with Gasteiger partial charge >= 0.3 is 0 Å². The quantitative estimate of drug-likeness (QED) is 0.183. The SMILES string of the molecule is c1ccc(N(c2ccc3c(c2)[Si]2(c4ccccc4S3)c3ccccc3-c3ccccc32)c2ccc3c(c2)oc2ccccc23)cc1. The Bertz CT molecular complexity index is 2440. The van der Waals surface area contributed by atoms with Gasteiger partial charge in [0.25, 0.3) is 0 Å². The number of rotatable bonds is 3. The highest BCUT2D eigenvalue weighted by atomic mass is 32.2. The van der Waals surface area contributed by atoms with E-state index in [1.165, 1.54) is 41.7 Å². The lowest BCUT2D eigenvalue weighted by Crippen LogP contribution is -2.74. The van der Waals surface area contributed by atoms with Gasteiger partial charge in [0, 0.05) is 43.7 Å². The van der Waals surface area contributed by atoms with Gasteiger partial charge in [0.05, 0.1) is 0 Å². The Morgan fingerprint density at radius 1 is 0.413 bits per heavy atom. The highest BCUT2D eigenvalue weighted by Gasteiger charge is 2.52. The molecule has 0 radical (unpaired) electrons. The average molecular weight is 622 g/mol. The number of para-hydroxylation sites is 2. The van der Waals surface area contributed by atoms with Crippen molar-refractivity contribution in [3.05, 3.63) is 164 Å². The summed E-state index contributed by atoms with van der Waals surface area (Å²) in [6, 6.07) is 60.2. The van der Waals surface area contributed by atoms with E-state index in [0.29, 0.717) is 0 Å². The smallest absolute Gasteiger partial charge is 0.183 e. The standard InChI is InChI=1S/C42H27NOSSi/c1-2-12-28(13-3-1)43(29-22-24-32-31-14-4-7-17-35(31)44-36(32)26-29)30-23-25-38-42(27-30)46(41-21-11-8-18-37(41)45-38)39-19-9-5-15-33(39)34-16-6-10-20-40(34)46/h1-27H. The van der Waals surface area contributed by atoms with Crippen LogP contribution in [0, 0.1) is 0 Å². The summed E-state index contributed by atoms with van der Waals surface area (Å²) >= 11 is 1.91. The van der Waals surface area contributed by atoms with E-state index in [1.54, 1.807) is 0 Å². The number of fused-ring (bicyclic) bond motifs is 12. The van der Waals surface area contributed by atoms with Crippen LogP contribution in [0.4, 0.5) is 17.1 Å². The third kappa shape index (κ3) is 3.54. The lowest BCUT2D eigenvalue weighted by atomic mass is 10.1. The van der Waals surface area contributed by atoms with E-state index in [9.17, 15) is 0 Å². The molecule has 46 heavy (non-hydrogen) atoms. The zero-order chi connectivity index (χ0) is 30.2. The lowest BCUT2D eigenvalue weighted by molar-refractivity contribution is 0.669. The fraction of sp³-hybridized carbons (Fsp3) is 0. The van der Waals surface area contributed by atoms with Gasteiger partial charge in [-0.05, 0) is 86.5 Å². The largest absolute Gasteiger partial charge is 0.456 e. The Morgan fingerprint density at radius 3 is 1.80 bits per heavy atom. The van der Waals surface area contributed by atoms with Crippen LogP contribution in [0.25, 0.3) is 33.1 Å². The van der Waals surface area contributed by atoms with Crippen LogP contribution in [0.3, 0.4) is 0 Å². The second-order valence-corrected chi connectivity index (χ2v) is 16.8. The number of furan rings is 1. The predicted molar refractivity (Wildman–Crippen MR) is 195 cm³/mol. The van der Waals surface area contributed by atoms with Gasteiger partial charge in [-0.3, -0.25) is 0 Å². The third-order valence-corrected chi connectivity index (χ3v) is 16.2. The Kier molecular flexibility index (Phi) is 5.56. The molecule has 0 fully saturated rings. The number of hydrogen-bond acceptors (Lipinski definition) is 3. The Balaban J connectivity index is 1.25. The zero-order valence-corrected chi connectivity index (χ0v) is 26.7. The molecule has 0 amide bonds. The maximum atomic E-state index is 6.38. The summed E-state index contributed by atoms with van der Waals surface area (Å²) in [6.07, 6.45) is 0. The van der Waals surface area contributed by atoms with E-state index in [-0.39, 0.29) is 0 Å². The highest BCUT2D eigenvalue weighted by Crippen LogP contribution is 2.42. The van der Waals surface area contributed by atoms with Crippen LogP contribution in [0.1, 0.15) is 0 Å². The summed E-state index contributed by atoms with van der Waals surface area (Å²) in [7, 11) is -2.61. The van der Waals surface area contributed by atoms with Gasteiger partial charge in [0.15, 0.2) is 8.07 Å².